The van der Waals surface area contributed by atoms with Crippen LogP contribution in [0.2, 0.25) is 0 Å². The summed E-state index contributed by atoms with van der Waals surface area (Å²) in [4.78, 5) is 24.8. The number of carbonyl (C=O) groups is 2. The molecule has 0 aromatic heterocycles. The molecule has 2 rings (SSSR count). The maximum Gasteiger partial charge on any atom is 0.261 e. The van der Waals surface area contributed by atoms with Crippen LogP contribution in [0.15, 0.2) is 18.2 Å². The SMILES string of the molecule is CC(C)CCOCCNc1ccc2c(c1)C(=O)N(C)C2=O. The van der Waals surface area contributed by atoms with Gasteiger partial charge in [-0.1, -0.05) is 13.8 Å². The summed E-state index contributed by atoms with van der Waals surface area (Å²) in [6, 6.07) is 5.24. The monoisotopic (exact) mass is 290 g/mol. The van der Waals surface area contributed by atoms with E-state index in [1.807, 2.05) is 6.07 Å². The van der Waals surface area contributed by atoms with Crippen LogP contribution >= 0.6 is 0 Å². The summed E-state index contributed by atoms with van der Waals surface area (Å²) in [5, 5.41) is 3.21. The van der Waals surface area contributed by atoms with Crippen molar-refractivity contribution in [1.29, 1.82) is 0 Å². The first kappa shape index (κ1) is 15.5. The number of nitrogens with zero attached hydrogens (tertiary/aromatic N) is 1. The van der Waals surface area contributed by atoms with Gasteiger partial charge in [-0.05, 0) is 30.5 Å². The molecule has 0 unspecified atom stereocenters. The number of anilines is 1. The minimum Gasteiger partial charge on any atom is -0.383 e. The van der Waals surface area contributed by atoms with Gasteiger partial charge in [-0.25, -0.2) is 0 Å². The van der Waals surface area contributed by atoms with E-state index in [4.69, 9.17) is 4.74 Å². The van der Waals surface area contributed by atoms with Crippen LogP contribution in [0.4, 0.5) is 5.69 Å². The number of benzene rings is 1. The zero-order valence-electron chi connectivity index (χ0n) is 12.8. The van der Waals surface area contributed by atoms with Crippen molar-refractivity contribution >= 4 is 17.5 Å². The maximum atomic E-state index is 11.9. The number of hydrogen-bond acceptors (Lipinski definition) is 4. The predicted octanol–water partition coefficient (Wildman–Crippen LogP) is 2.39. The first-order valence-electron chi connectivity index (χ1n) is 7.28. The van der Waals surface area contributed by atoms with Crippen LogP contribution < -0.4 is 5.32 Å². The van der Waals surface area contributed by atoms with E-state index in [0.717, 1.165) is 23.6 Å². The summed E-state index contributed by atoms with van der Waals surface area (Å²) in [5.41, 5.74) is 1.77. The van der Waals surface area contributed by atoms with Crippen molar-refractivity contribution in [3.05, 3.63) is 29.3 Å². The highest BCUT2D eigenvalue weighted by molar-refractivity contribution is 6.21. The molecule has 0 saturated carbocycles. The van der Waals surface area contributed by atoms with Crippen LogP contribution in [0.3, 0.4) is 0 Å². The molecule has 1 N–H and O–H groups in total. The van der Waals surface area contributed by atoms with E-state index in [0.29, 0.717) is 30.2 Å². The summed E-state index contributed by atoms with van der Waals surface area (Å²) in [6.07, 6.45) is 1.06. The van der Waals surface area contributed by atoms with Crippen LogP contribution in [-0.2, 0) is 4.74 Å². The Morgan fingerprint density at radius 2 is 1.86 bits per heavy atom. The molecule has 0 bridgehead atoms. The topological polar surface area (TPSA) is 58.6 Å². The lowest BCUT2D eigenvalue weighted by Crippen LogP contribution is -2.24. The molecule has 2 amide bonds. The second kappa shape index (κ2) is 6.72. The minimum atomic E-state index is -0.244. The fourth-order valence-corrected chi connectivity index (χ4v) is 2.16. The first-order valence-corrected chi connectivity index (χ1v) is 7.28. The maximum absolute atomic E-state index is 11.9. The average molecular weight is 290 g/mol. The van der Waals surface area contributed by atoms with E-state index >= 15 is 0 Å². The van der Waals surface area contributed by atoms with E-state index in [1.54, 1.807) is 12.1 Å². The molecule has 1 aromatic rings. The Hall–Kier alpha value is -1.88. The zero-order chi connectivity index (χ0) is 15.4. The average Bonchev–Trinajstić information content (AvgIpc) is 2.67. The Morgan fingerprint density at radius 3 is 2.57 bits per heavy atom. The van der Waals surface area contributed by atoms with E-state index in [-0.39, 0.29) is 11.8 Å². The molecular formula is C16H22N2O3. The normalized spacial score (nSPS) is 14.0. The largest absolute Gasteiger partial charge is 0.383 e. The number of fused-ring (bicyclic) bond motifs is 1. The van der Waals surface area contributed by atoms with Gasteiger partial charge in [0.15, 0.2) is 0 Å². The highest BCUT2D eigenvalue weighted by atomic mass is 16.5. The lowest BCUT2D eigenvalue weighted by molar-refractivity contribution is 0.0693. The van der Waals surface area contributed by atoms with Crippen LogP contribution in [0, 0.1) is 5.92 Å². The smallest absolute Gasteiger partial charge is 0.261 e. The first-order chi connectivity index (χ1) is 10.0. The summed E-state index contributed by atoms with van der Waals surface area (Å²) in [7, 11) is 1.50. The van der Waals surface area contributed by atoms with E-state index < -0.39 is 0 Å². The van der Waals surface area contributed by atoms with E-state index in [9.17, 15) is 9.59 Å². The van der Waals surface area contributed by atoms with Gasteiger partial charge in [0.05, 0.1) is 17.7 Å². The molecule has 1 aliphatic heterocycles. The number of carbonyl (C=O) groups excluding carboxylic acids is 2. The Morgan fingerprint density at radius 1 is 1.14 bits per heavy atom. The fraction of sp³-hybridized carbons (Fsp3) is 0.500. The molecular weight excluding hydrogens is 268 g/mol. The second-order valence-electron chi connectivity index (χ2n) is 5.65. The van der Waals surface area contributed by atoms with Crippen molar-refractivity contribution in [1.82, 2.24) is 4.90 Å². The van der Waals surface area contributed by atoms with Gasteiger partial charge in [0.25, 0.3) is 11.8 Å². The van der Waals surface area contributed by atoms with E-state index in [2.05, 4.69) is 19.2 Å². The lowest BCUT2D eigenvalue weighted by atomic mass is 10.1. The van der Waals surface area contributed by atoms with Gasteiger partial charge in [0.2, 0.25) is 0 Å². The Bertz CT molecular complexity index is 540. The number of hydrogen-bond donors (Lipinski definition) is 1. The van der Waals surface area contributed by atoms with Crippen LogP contribution in [0.25, 0.3) is 0 Å². The number of nitrogens with one attached hydrogen (secondary N) is 1. The van der Waals surface area contributed by atoms with Crippen molar-refractivity contribution in [3.8, 4) is 0 Å². The van der Waals surface area contributed by atoms with Gasteiger partial charge in [-0.2, -0.15) is 0 Å². The number of ether oxygens (including phenoxy) is 1. The quantitative estimate of drug-likeness (QED) is 0.619. The highest BCUT2D eigenvalue weighted by Gasteiger charge is 2.32. The standard InChI is InChI=1S/C16H22N2O3/c1-11(2)6-8-21-9-7-17-12-4-5-13-14(10-12)16(20)18(3)15(13)19/h4-5,10-11,17H,6-9H2,1-3H3. The third-order valence-electron chi connectivity index (χ3n) is 3.50. The second-order valence-corrected chi connectivity index (χ2v) is 5.65. The predicted molar refractivity (Wildman–Crippen MR) is 81.6 cm³/mol. The molecule has 5 heteroatoms. The van der Waals surface area contributed by atoms with Crippen LogP contribution in [-0.4, -0.2) is 43.5 Å². The summed E-state index contributed by atoms with van der Waals surface area (Å²) in [5.74, 6) is 0.167. The van der Waals surface area contributed by atoms with Crippen molar-refractivity contribution in [2.75, 3.05) is 32.1 Å². The third-order valence-corrected chi connectivity index (χ3v) is 3.50. The van der Waals surface area contributed by atoms with Crippen molar-refractivity contribution in [2.45, 2.75) is 20.3 Å². The van der Waals surface area contributed by atoms with Gasteiger partial charge in [-0.15, -0.1) is 0 Å². The van der Waals surface area contributed by atoms with Gasteiger partial charge < -0.3 is 10.1 Å². The zero-order valence-corrected chi connectivity index (χ0v) is 12.8. The number of amides is 2. The number of rotatable bonds is 7. The van der Waals surface area contributed by atoms with Crippen LogP contribution in [0.1, 0.15) is 41.0 Å². The Kier molecular flexibility index (Phi) is 4.96. The molecule has 114 valence electrons. The van der Waals surface area contributed by atoms with E-state index in [1.165, 1.54) is 7.05 Å². The van der Waals surface area contributed by atoms with Gasteiger partial charge >= 0.3 is 0 Å². The molecule has 1 aromatic carbocycles. The molecule has 0 atom stereocenters. The third kappa shape index (κ3) is 3.61. The van der Waals surface area contributed by atoms with Crippen molar-refractivity contribution < 1.29 is 14.3 Å². The molecule has 21 heavy (non-hydrogen) atoms. The van der Waals surface area contributed by atoms with Crippen molar-refractivity contribution in [3.63, 3.8) is 0 Å². The molecule has 1 heterocycles. The minimum absolute atomic E-state index is 0.237. The summed E-state index contributed by atoms with van der Waals surface area (Å²) in [6.45, 7) is 6.40. The molecule has 0 fully saturated rings. The van der Waals surface area contributed by atoms with Gasteiger partial charge in [-0.3, -0.25) is 14.5 Å². The van der Waals surface area contributed by atoms with Gasteiger partial charge in [0.1, 0.15) is 0 Å². The van der Waals surface area contributed by atoms with Crippen molar-refractivity contribution in [2.24, 2.45) is 5.92 Å². The molecule has 1 aliphatic rings. The molecule has 0 radical (unpaired) electrons. The molecule has 5 nitrogen and oxygen atoms in total. The lowest BCUT2D eigenvalue weighted by Gasteiger charge is -2.09. The summed E-state index contributed by atoms with van der Waals surface area (Å²) < 4.78 is 5.52. The molecule has 0 spiro atoms. The molecule has 0 aliphatic carbocycles. The Labute approximate surface area is 125 Å². The summed E-state index contributed by atoms with van der Waals surface area (Å²) >= 11 is 0. The Balaban J connectivity index is 1.84. The molecule has 0 saturated heterocycles. The van der Waals surface area contributed by atoms with Crippen LogP contribution in [0.5, 0.6) is 0 Å². The number of imide groups is 1. The fourth-order valence-electron chi connectivity index (χ4n) is 2.16. The highest BCUT2D eigenvalue weighted by Crippen LogP contribution is 2.24. The van der Waals surface area contributed by atoms with Gasteiger partial charge in [0, 0.05) is 25.9 Å².